The number of aryl methyl sites for hydroxylation is 1. The van der Waals surface area contributed by atoms with Crippen molar-refractivity contribution in [2.45, 2.75) is 24.7 Å². The Balaban J connectivity index is 1.61. The van der Waals surface area contributed by atoms with Crippen LogP contribution in [0.1, 0.15) is 30.1 Å². The summed E-state index contributed by atoms with van der Waals surface area (Å²) in [4.78, 5) is 27.9. The van der Waals surface area contributed by atoms with E-state index in [4.69, 9.17) is 0 Å². The second kappa shape index (κ2) is 8.57. The lowest BCUT2D eigenvalue weighted by molar-refractivity contribution is -0.384. The standard InChI is InChI=1S/C21H22N4O5S2/c1-14-4-3-11-24(13-14)32(29,30)17-8-5-15(6-9-17)20(26)22-21-23(2)18-12-16(25(27)28)7-10-19(18)31-21/h5-10,12,14H,3-4,11,13H2,1-2H3. The molecule has 1 atom stereocenters. The van der Waals surface area contributed by atoms with Crippen molar-refractivity contribution < 1.29 is 18.1 Å². The molecule has 4 rings (SSSR count). The number of thiazole rings is 1. The maximum absolute atomic E-state index is 12.9. The minimum Gasteiger partial charge on any atom is -0.319 e. The van der Waals surface area contributed by atoms with E-state index >= 15 is 0 Å². The third kappa shape index (κ3) is 4.23. The van der Waals surface area contributed by atoms with Crippen LogP contribution in [0, 0.1) is 16.0 Å². The zero-order valence-corrected chi connectivity index (χ0v) is 19.2. The topological polar surface area (TPSA) is 115 Å². The van der Waals surface area contributed by atoms with Gasteiger partial charge in [0.25, 0.3) is 11.6 Å². The van der Waals surface area contributed by atoms with E-state index in [-0.39, 0.29) is 16.1 Å². The van der Waals surface area contributed by atoms with Crippen LogP contribution in [0.3, 0.4) is 0 Å². The molecule has 32 heavy (non-hydrogen) atoms. The Labute approximate surface area is 188 Å². The lowest BCUT2D eigenvalue weighted by Crippen LogP contribution is -2.39. The van der Waals surface area contributed by atoms with E-state index in [1.807, 2.05) is 6.92 Å². The molecule has 1 fully saturated rings. The minimum absolute atomic E-state index is 0.0383. The number of hydrogen-bond acceptors (Lipinski definition) is 6. The van der Waals surface area contributed by atoms with Gasteiger partial charge in [0.15, 0.2) is 4.80 Å². The Morgan fingerprint density at radius 1 is 1.22 bits per heavy atom. The molecular formula is C21H22N4O5S2. The molecule has 2 heterocycles. The molecule has 1 aliphatic rings. The zero-order chi connectivity index (χ0) is 23.0. The van der Waals surface area contributed by atoms with Crippen LogP contribution < -0.4 is 4.80 Å². The molecule has 1 amide bonds. The Bertz CT molecular complexity index is 1370. The Kier molecular flexibility index (Phi) is 5.97. The number of benzene rings is 2. The molecule has 0 radical (unpaired) electrons. The van der Waals surface area contributed by atoms with Crippen LogP contribution in [-0.4, -0.2) is 41.2 Å². The summed E-state index contributed by atoms with van der Waals surface area (Å²) >= 11 is 1.24. The zero-order valence-electron chi connectivity index (χ0n) is 17.6. The van der Waals surface area contributed by atoms with E-state index in [1.165, 1.54) is 52.0 Å². The summed E-state index contributed by atoms with van der Waals surface area (Å²) in [6.07, 6.45) is 1.86. The quantitative estimate of drug-likeness (QED) is 0.425. The van der Waals surface area contributed by atoms with Crippen molar-refractivity contribution in [3.63, 3.8) is 0 Å². The molecule has 2 aromatic carbocycles. The summed E-state index contributed by atoms with van der Waals surface area (Å²) in [5, 5.41) is 11.0. The van der Waals surface area contributed by atoms with E-state index in [9.17, 15) is 23.3 Å². The average Bonchev–Trinajstić information content (AvgIpc) is 3.08. The van der Waals surface area contributed by atoms with E-state index in [1.54, 1.807) is 17.7 Å². The fraction of sp³-hybridized carbons (Fsp3) is 0.333. The smallest absolute Gasteiger partial charge is 0.279 e. The number of nitro benzene ring substituents is 1. The maximum Gasteiger partial charge on any atom is 0.279 e. The molecule has 168 valence electrons. The summed E-state index contributed by atoms with van der Waals surface area (Å²) in [7, 11) is -1.91. The van der Waals surface area contributed by atoms with Crippen LogP contribution >= 0.6 is 11.3 Å². The van der Waals surface area contributed by atoms with Gasteiger partial charge in [0.1, 0.15) is 0 Å². The van der Waals surface area contributed by atoms with Crippen molar-refractivity contribution in [3.8, 4) is 0 Å². The van der Waals surface area contributed by atoms with E-state index in [0.717, 1.165) is 17.5 Å². The number of rotatable bonds is 4. The van der Waals surface area contributed by atoms with Crippen molar-refractivity contribution in [1.29, 1.82) is 0 Å². The molecule has 0 bridgehead atoms. The highest BCUT2D eigenvalue weighted by Gasteiger charge is 2.28. The second-order valence-corrected chi connectivity index (χ2v) is 10.9. The minimum atomic E-state index is -3.60. The molecule has 0 saturated carbocycles. The largest absolute Gasteiger partial charge is 0.319 e. The third-order valence-electron chi connectivity index (χ3n) is 5.56. The molecule has 1 aliphatic heterocycles. The lowest BCUT2D eigenvalue weighted by Gasteiger charge is -2.30. The monoisotopic (exact) mass is 474 g/mol. The van der Waals surface area contributed by atoms with Crippen molar-refractivity contribution in [3.05, 3.63) is 62.9 Å². The number of fused-ring (bicyclic) bond motifs is 1. The third-order valence-corrected chi connectivity index (χ3v) is 8.55. The van der Waals surface area contributed by atoms with Crippen LogP contribution in [-0.2, 0) is 17.1 Å². The highest BCUT2D eigenvalue weighted by Crippen LogP contribution is 2.24. The number of hydrogen-bond donors (Lipinski definition) is 0. The first kappa shape index (κ1) is 22.3. The van der Waals surface area contributed by atoms with Gasteiger partial charge >= 0.3 is 0 Å². The summed E-state index contributed by atoms with van der Waals surface area (Å²) < 4.78 is 29.7. The van der Waals surface area contributed by atoms with E-state index in [2.05, 4.69) is 4.99 Å². The summed E-state index contributed by atoms with van der Waals surface area (Å²) in [5.74, 6) is -0.196. The van der Waals surface area contributed by atoms with Gasteiger partial charge in [0, 0.05) is 37.8 Å². The molecular weight excluding hydrogens is 452 g/mol. The molecule has 0 spiro atoms. The number of sulfonamides is 1. The van der Waals surface area contributed by atoms with Crippen LogP contribution in [0.5, 0.6) is 0 Å². The number of carbonyl (C=O) groups excluding carboxylic acids is 1. The highest BCUT2D eigenvalue weighted by atomic mass is 32.2. The fourth-order valence-corrected chi connectivity index (χ4v) is 6.37. The first-order valence-corrected chi connectivity index (χ1v) is 12.4. The number of carbonyl (C=O) groups is 1. The first-order valence-electron chi connectivity index (χ1n) is 10.1. The molecule has 1 unspecified atom stereocenters. The molecule has 11 heteroatoms. The molecule has 1 saturated heterocycles. The Morgan fingerprint density at radius 2 is 1.94 bits per heavy atom. The molecule has 1 aromatic heterocycles. The van der Waals surface area contributed by atoms with Crippen molar-refractivity contribution >= 4 is 43.2 Å². The number of aromatic nitrogens is 1. The predicted molar refractivity (Wildman–Crippen MR) is 121 cm³/mol. The Morgan fingerprint density at radius 3 is 2.59 bits per heavy atom. The SMILES string of the molecule is CC1CCCN(S(=O)(=O)c2ccc(C(=O)N=c3sc4ccc([N+](=O)[O-])cc4n3C)cc2)C1. The van der Waals surface area contributed by atoms with Crippen LogP contribution in [0.2, 0.25) is 0 Å². The van der Waals surface area contributed by atoms with Crippen LogP contribution in [0.25, 0.3) is 10.2 Å². The number of piperidine rings is 1. The molecule has 9 nitrogen and oxygen atoms in total. The van der Waals surface area contributed by atoms with Crippen LogP contribution in [0.4, 0.5) is 5.69 Å². The van der Waals surface area contributed by atoms with Gasteiger partial charge in [-0.05, 0) is 49.1 Å². The fourth-order valence-electron chi connectivity index (χ4n) is 3.77. The van der Waals surface area contributed by atoms with Crippen molar-refractivity contribution in [2.24, 2.45) is 18.0 Å². The van der Waals surface area contributed by atoms with E-state index < -0.39 is 20.9 Å². The average molecular weight is 475 g/mol. The molecule has 0 aliphatic carbocycles. The van der Waals surface area contributed by atoms with Gasteiger partial charge < -0.3 is 4.57 Å². The molecule has 0 N–H and O–H groups in total. The van der Waals surface area contributed by atoms with Gasteiger partial charge in [-0.1, -0.05) is 18.3 Å². The number of nitro groups is 1. The lowest BCUT2D eigenvalue weighted by atomic mass is 10.0. The number of amides is 1. The second-order valence-electron chi connectivity index (χ2n) is 7.90. The van der Waals surface area contributed by atoms with Crippen molar-refractivity contribution in [1.82, 2.24) is 8.87 Å². The predicted octanol–water partition coefficient (Wildman–Crippen LogP) is 3.31. The van der Waals surface area contributed by atoms with Crippen LogP contribution in [0.15, 0.2) is 52.4 Å². The summed E-state index contributed by atoms with van der Waals surface area (Å²) in [5.41, 5.74) is 0.830. The van der Waals surface area contributed by atoms with Gasteiger partial charge in [-0.2, -0.15) is 9.30 Å². The number of nitrogens with zero attached hydrogens (tertiary/aromatic N) is 4. The van der Waals surface area contributed by atoms with Gasteiger partial charge in [-0.3, -0.25) is 14.9 Å². The summed E-state index contributed by atoms with van der Waals surface area (Å²) in [6.45, 7) is 3.04. The van der Waals surface area contributed by atoms with Gasteiger partial charge in [0.2, 0.25) is 10.0 Å². The van der Waals surface area contributed by atoms with Crippen molar-refractivity contribution in [2.75, 3.05) is 13.1 Å². The highest BCUT2D eigenvalue weighted by molar-refractivity contribution is 7.89. The van der Waals surface area contributed by atoms with Gasteiger partial charge in [0.05, 0.1) is 20.0 Å². The maximum atomic E-state index is 12.9. The summed E-state index contributed by atoms with van der Waals surface area (Å²) in [6, 6.07) is 10.3. The molecule has 3 aromatic rings. The Hall–Kier alpha value is -2.89. The van der Waals surface area contributed by atoms with E-state index in [0.29, 0.717) is 29.3 Å². The van der Waals surface area contributed by atoms with Gasteiger partial charge in [-0.15, -0.1) is 0 Å². The van der Waals surface area contributed by atoms with Gasteiger partial charge in [-0.25, -0.2) is 8.42 Å². The first-order chi connectivity index (χ1) is 15.2. The number of non-ortho nitro benzene ring substituents is 1. The normalized spacial score (nSPS) is 18.2.